The summed E-state index contributed by atoms with van der Waals surface area (Å²) in [4.78, 5) is 34.5. The summed E-state index contributed by atoms with van der Waals surface area (Å²) < 4.78 is 0. The first kappa shape index (κ1) is 18.0. The lowest BCUT2D eigenvalue weighted by atomic mass is 10.1. The van der Waals surface area contributed by atoms with E-state index < -0.39 is 0 Å². The van der Waals surface area contributed by atoms with Crippen molar-refractivity contribution in [1.82, 2.24) is 19.7 Å². The average molecular weight is 368 g/mol. The Morgan fingerprint density at radius 3 is 2.33 bits per heavy atom. The smallest absolute Gasteiger partial charge is 0.236 e. The van der Waals surface area contributed by atoms with Gasteiger partial charge in [-0.2, -0.15) is 0 Å². The fraction of sp³-hybridized carbons (Fsp3) is 0.524. The molecule has 0 bridgehead atoms. The zero-order valence-electron chi connectivity index (χ0n) is 15.8. The summed E-state index contributed by atoms with van der Waals surface area (Å²) >= 11 is 0. The molecule has 6 nitrogen and oxygen atoms in total. The van der Waals surface area contributed by atoms with Crippen LogP contribution in [0.3, 0.4) is 0 Å². The standard InChI is InChI=1S/C21H28N4O2/c26-20(14-17-15-22-19-7-3-2-6-18(17)19)25-12-10-23(11-13-25)16-21(27)24-8-4-1-5-9-24/h2-3,6-7,15,22H,1,4-5,8-14,16H2. The molecule has 2 amide bonds. The number of benzene rings is 1. The van der Waals surface area contributed by atoms with E-state index in [-0.39, 0.29) is 11.8 Å². The van der Waals surface area contributed by atoms with Gasteiger partial charge in [0.25, 0.3) is 0 Å². The Labute approximate surface area is 160 Å². The molecule has 0 spiro atoms. The summed E-state index contributed by atoms with van der Waals surface area (Å²) in [6.45, 7) is 5.26. The molecule has 4 rings (SSSR count). The van der Waals surface area contributed by atoms with Crippen LogP contribution in [-0.2, 0) is 16.0 Å². The van der Waals surface area contributed by atoms with Gasteiger partial charge in [0.15, 0.2) is 0 Å². The van der Waals surface area contributed by atoms with Crippen molar-refractivity contribution in [3.63, 3.8) is 0 Å². The number of hydrogen-bond acceptors (Lipinski definition) is 3. The molecule has 1 N–H and O–H groups in total. The molecule has 2 aliphatic rings. The number of hydrogen-bond donors (Lipinski definition) is 1. The van der Waals surface area contributed by atoms with Crippen LogP contribution in [0.2, 0.25) is 0 Å². The van der Waals surface area contributed by atoms with Crippen LogP contribution in [0, 0.1) is 0 Å². The van der Waals surface area contributed by atoms with Gasteiger partial charge in [0.2, 0.25) is 11.8 Å². The van der Waals surface area contributed by atoms with Gasteiger partial charge < -0.3 is 14.8 Å². The molecule has 2 aliphatic heterocycles. The predicted octanol–water partition coefficient (Wildman–Crippen LogP) is 1.87. The van der Waals surface area contributed by atoms with Gasteiger partial charge in [-0.1, -0.05) is 18.2 Å². The highest BCUT2D eigenvalue weighted by Crippen LogP contribution is 2.19. The van der Waals surface area contributed by atoms with E-state index in [0.717, 1.165) is 55.5 Å². The highest BCUT2D eigenvalue weighted by Gasteiger charge is 2.25. The van der Waals surface area contributed by atoms with Gasteiger partial charge in [-0.15, -0.1) is 0 Å². The van der Waals surface area contributed by atoms with Crippen LogP contribution in [0.25, 0.3) is 10.9 Å². The molecular weight excluding hydrogens is 340 g/mol. The molecule has 1 aromatic heterocycles. The van der Waals surface area contributed by atoms with Crippen molar-refractivity contribution >= 4 is 22.7 Å². The Kier molecular flexibility index (Phi) is 5.43. The molecule has 0 unspecified atom stereocenters. The van der Waals surface area contributed by atoms with Crippen LogP contribution in [-0.4, -0.2) is 77.3 Å². The summed E-state index contributed by atoms with van der Waals surface area (Å²) in [7, 11) is 0. The van der Waals surface area contributed by atoms with Gasteiger partial charge in [-0.25, -0.2) is 0 Å². The fourth-order valence-corrected chi connectivity index (χ4v) is 4.14. The van der Waals surface area contributed by atoms with Gasteiger partial charge in [-0.3, -0.25) is 14.5 Å². The zero-order valence-corrected chi connectivity index (χ0v) is 15.8. The Hall–Kier alpha value is -2.34. The number of piperazine rings is 1. The fourth-order valence-electron chi connectivity index (χ4n) is 4.14. The Morgan fingerprint density at radius 2 is 1.56 bits per heavy atom. The third-order valence-electron chi connectivity index (χ3n) is 5.81. The molecule has 2 aromatic rings. The van der Waals surface area contributed by atoms with Gasteiger partial charge in [0.1, 0.15) is 0 Å². The number of para-hydroxylation sites is 1. The zero-order chi connectivity index (χ0) is 18.6. The molecule has 0 aliphatic carbocycles. The average Bonchev–Trinajstić information content (AvgIpc) is 3.12. The van der Waals surface area contributed by atoms with E-state index in [1.165, 1.54) is 6.42 Å². The number of rotatable bonds is 4. The number of aromatic nitrogens is 1. The lowest BCUT2D eigenvalue weighted by Gasteiger charge is -2.36. The number of fused-ring (bicyclic) bond motifs is 1. The largest absolute Gasteiger partial charge is 0.361 e. The predicted molar refractivity (Wildman–Crippen MR) is 105 cm³/mol. The Bertz CT molecular complexity index is 801. The highest BCUT2D eigenvalue weighted by atomic mass is 16.2. The van der Waals surface area contributed by atoms with Crippen LogP contribution in [0.4, 0.5) is 0 Å². The third kappa shape index (κ3) is 4.16. The third-order valence-corrected chi connectivity index (χ3v) is 5.81. The maximum Gasteiger partial charge on any atom is 0.236 e. The minimum absolute atomic E-state index is 0.168. The quantitative estimate of drug-likeness (QED) is 0.896. The topological polar surface area (TPSA) is 59.7 Å². The molecule has 27 heavy (non-hydrogen) atoms. The second-order valence-corrected chi connectivity index (χ2v) is 7.63. The van der Waals surface area contributed by atoms with Gasteiger partial charge in [0.05, 0.1) is 13.0 Å². The van der Waals surface area contributed by atoms with Crippen molar-refractivity contribution < 1.29 is 9.59 Å². The van der Waals surface area contributed by atoms with E-state index in [1.54, 1.807) is 0 Å². The first-order valence-corrected chi connectivity index (χ1v) is 10.0. The van der Waals surface area contributed by atoms with Gasteiger partial charge in [-0.05, 0) is 30.9 Å². The first-order valence-electron chi connectivity index (χ1n) is 10.0. The van der Waals surface area contributed by atoms with Crippen LogP contribution >= 0.6 is 0 Å². The number of H-pyrrole nitrogens is 1. The lowest BCUT2D eigenvalue weighted by Crippen LogP contribution is -2.52. The molecule has 0 atom stereocenters. The van der Waals surface area contributed by atoms with E-state index in [1.807, 2.05) is 34.2 Å². The van der Waals surface area contributed by atoms with E-state index >= 15 is 0 Å². The maximum absolute atomic E-state index is 12.7. The summed E-state index contributed by atoms with van der Waals surface area (Å²) in [6.07, 6.45) is 5.86. The van der Waals surface area contributed by atoms with Crippen molar-refractivity contribution in [2.24, 2.45) is 0 Å². The molecule has 1 aromatic carbocycles. The number of nitrogens with one attached hydrogen (secondary N) is 1. The summed E-state index contributed by atoms with van der Waals surface area (Å²) in [5, 5.41) is 1.12. The molecule has 3 heterocycles. The van der Waals surface area contributed by atoms with Crippen LogP contribution in [0.15, 0.2) is 30.5 Å². The van der Waals surface area contributed by atoms with Crippen LogP contribution in [0.5, 0.6) is 0 Å². The molecule has 0 radical (unpaired) electrons. The second kappa shape index (κ2) is 8.13. The van der Waals surface area contributed by atoms with E-state index in [9.17, 15) is 9.59 Å². The minimum atomic E-state index is 0.168. The van der Waals surface area contributed by atoms with Crippen LogP contribution < -0.4 is 0 Å². The number of carbonyl (C=O) groups excluding carboxylic acids is 2. The minimum Gasteiger partial charge on any atom is -0.361 e. The number of amides is 2. The van der Waals surface area contributed by atoms with Crippen molar-refractivity contribution in [2.45, 2.75) is 25.7 Å². The molecular formula is C21H28N4O2. The van der Waals surface area contributed by atoms with Crippen molar-refractivity contribution in [3.8, 4) is 0 Å². The molecule has 0 saturated carbocycles. The van der Waals surface area contributed by atoms with Gasteiger partial charge in [0, 0.05) is 56.4 Å². The Morgan fingerprint density at radius 1 is 0.852 bits per heavy atom. The summed E-state index contributed by atoms with van der Waals surface area (Å²) in [5.41, 5.74) is 2.12. The highest BCUT2D eigenvalue weighted by molar-refractivity contribution is 5.89. The lowest BCUT2D eigenvalue weighted by molar-refractivity contribution is -0.135. The van der Waals surface area contributed by atoms with E-state index in [0.29, 0.717) is 26.1 Å². The maximum atomic E-state index is 12.7. The monoisotopic (exact) mass is 368 g/mol. The summed E-state index contributed by atoms with van der Waals surface area (Å²) in [6, 6.07) is 8.08. The van der Waals surface area contributed by atoms with E-state index in [4.69, 9.17) is 0 Å². The molecule has 144 valence electrons. The summed E-state index contributed by atoms with van der Waals surface area (Å²) in [5.74, 6) is 0.412. The Balaban J connectivity index is 1.27. The SMILES string of the molecule is O=C(Cc1c[nH]c2ccccc12)N1CCN(CC(=O)N2CCCCC2)CC1. The first-order chi connectivity index (χ1) is 13.2. The number of piperidine rings is 1. The van der Waals surface area contributed by atoms with Crippen molar-refractivity contribution in [2.75, 3.05) is 45.8 Å². The number of carbonyl (C=O) groups is 2. The van der Waals surface area contributed by atoms with E-state index in [2.05, 4.69) is 16.0 Å². The van der Waals surface area contributed by atoms with Crippen molar-refractivity contribution in [3.05, 3.63) is 36.0 Å². The molecule has 6 heteroatoms. The molecule has 2 saturated heterocycles. The number of nitrogens with zero attached hydrogens (tertiary/aromatic N) is 3. The van der Waals surface area contributed by atoms with Gasteiger partial charge >= 0.3 is 0 Å². The normalized spacial score (nSPS) is 18.8. The number of aromatic amines is 1. The second-order valence-electron chi connectivity index (χ2n) is 7.63. The molecule has 2 fully saturated rings. The number of likely N-dealkylation sites (tertiary alicyclic amines) is 1. The van der Waals surface area contributed by atoms with Crippen molar-refractivity contribution in [1.29, 1.82) is 0 Å². The van der Waals surface area contributed by atoms with Crippen LogP contribution in [0.1, 0.15) is 24.8 Å².